The van der Waals surface area contributed by atoms with Gasteiger partial charge in [-0.15, -0.1) is 0 Å². The quantitative estimate of drug-likeness (QED) is 0.788. The van der Waals surface area contributed by atoms with E-state index in [1.54, 1.807) is 29.8 Å². The molecule has 7 heteroatoms. The molecule has 134 valence electrons. The SMILES string of the molecule is COc1ccc(Cl)cc1NC(=O)C[C@@H](C)n1nc(C)c(C(C)=O)c1C. The minimum atomic E-state index is -0.197. The van der Waals surface area contributed by atoms with Crippen LogP contribution >= 0.6 is 11.6 Å². The average molecular weight is 364 g/mol. The Hall–Kier alpha value is -2.34. The first-order valence-electron chi connectivity index (χ1n) is 7.94. The van der Waals surface area contributed by atoms with Crippen LogP contribution in [-0.4, -0.2) is 28.6 Å². The van der Waals surface area contributed by atoms with Crippen molar-refractivity contribution in [2.45, 2.75) is 40.2 Å². The lowest BCUT2D eigenvalue weighted by atomic mass is 10.1. The van der Waals surface area contributed by atoms with Crippen LogP contribution in [0.3, 0.4) is 0 Å². The summed E-state index contributed by atoms with van der Waals surface area (Å²) in [7, 11) is 1.53. The van der Waals surface area contributed by atoms with Gasteiger partial charge in [0.15, 0.2) is 5.78 Å². The fourth-order valence-corrected chi connectivity index (χ4v) is 3.11. The monoisotopic (exact) mass is 363 g/mol. The minimum absolute atomic E-state index is 0.0263. The van der Waals surface area contributed by atoms with Gasteiger partial charge in [-0.2, -0.15) is 5.10 Å². The van der Waals surface area contributed by atoms with Gasteiger partial charge < -0.3 is 10.1 Å². The van der Waals surface area contributed by atoms with Crippen LogP contribution in [-0.2, 0) is 4.79 Å². The van der Waals surface area contributed by atoms with Crippen molar-refractivity contribution in [1.82, 2.24) is 9.78 Å². The van der Waals surface area contributed by atoms with E-state index in [-0.39, 0.29) is 24.2 Å². The number of rotatable bonds is 6. The molecule has 0 saturated heterocycles. The van der Waals surface area contributed by atoms with Crippen LogP contribution in [0.2, 0.25) is 5.02 Å². The third-order valence-electron chi connectivity index (χ3n) is 4.01. The van der Waals surface area contributed by atoms with E-state index in [0.29, 0.717) is 27.7 Å². The molecule has 0 saturated carbocycles. The number of aromatic nitrogens is 2. The Bertz CT molecular complexity index is 814. The number of amides is 1. The van der Waals surface area contributed by atoms with Crippen molar-refractivity contribution in [3.63, 3.8) is 0 Å². The first kappa shape index (κ1) is 19.0. The van der Waals surface area contributed by atoms with E-state index in [4.69, 9.17) is 16.3 Å². The second-order valence-electron chi connectivity index (χ2n) is 5.99. The molecule has 0 radical (unpaired) electrons. The summed E-state index contributed by atoms with van der Waals surface area (Å²) < 4.78 is 6.95. The zero-order valence-corrected chi connectivity index (χ0v) is 15.8. The van der Waals surface area contributed by atoms with Gasteiger partial charge in [0, 0.05) is 17.1 Å². The summed E-state index contributed by atoms with van der Waals surface area (Å²) in [4.78, 5) is 24.1. The van der Waals surface area contributed by atoms with Crippen molar-refractivity contribution in [2.75, 3.05) is 12.4 Å². The van der Waals surface area contributed by atoms with Crippen molar-refractivity contribution in [3.8, 4) is 5.75 Å². The highest BCUT2D eigenvalue weighted by Gasteiger charge is 2.20. The van der Waals surface area contributed by atoms with Gasteiger partial charge in [-0.05, 0) is 45.9 Å². The summed E-state index contributed by atoms with van der Waals surface area (Å²) in [6.45, 7) is 7.04. The predicted octanol–water partition coefficient (Wildman–Crippen LogP) is 3.95. The van der Waals surface area contributed by atoms with E-state index >= 15 is 0 Å². The number of carbonyl (C=O) groups excluding carboxylic acids is 2. The van der Waals surface area contributed by atoms with E-state index in [1.165, 1.54) is 14.0 Å². The number of benzene rings is 1. The summed E-state index contributed by atoms with van der Waals surface area (Å²) in [5.74, 6) is 0.321. The summed E-state index contributed by atoms with van der Waals surface area (Å²) >= 11 is 5.98. The number of ketones is 1. The van der Waals surface area contributed by atoms with Crippen molar-refractivity contribution >= 4 is 29.0 Å². The fraction of sp³-hybridized carbons (Fsp3) is 0.389. The molecule has 0 aliphatic rings. The zero-order valence-electron chi connectivity index (χ0n) is 15.0. The fourth-order valence-electron chi connectivity index (χ4n) is 2.94. The minimum Gasteiger partial charge on any atom is -0.495 e. The Labute approximate surface area is 152 Å². The van der Waals surface area contributed by atoms with Crippen molar-refractivity contribution in [1.29, 1.82) is 0 Å². The van der Waals surface area contributed by atoms with Crippen molar-refractivity contribution < 1.29 is 14.3 Å². The molecule has 1 N–H and O–H groups in total. The number of nitrogens with one attached hydrogen (secondary N) is 1. The van der Waals surface area contributed by atoms with Gasteiger partial charge in [-0.3, -0.25) is 14.3 Å². The largest absolute Gasteiger partial charge is 0.495 e. The highest BCUT2D eigenvalue weighted by Crippen LogP contribution is 2.28. The molecule has 0 unspecified atom stereocenters. The second-order valence-corrected chi connectivity index (χ2v) is 6.43. The maximum Gasteiger partial charge on any atom is 0.226 e. The number of hydrogen-bond acceptors (Lipinski definition) is 4. The molecule has 0 aliphatic carbocycles. The number of Topliss-reactive ketones (excluding diaryl/α,β-unsaturated/α-hetero) is 1. The number of aryl methyl sites for hydroxylation is 1. The van der Waals surface area contributed by atoms with E-state index in [0.717, 1.165) is 5.69 Å². The maximum absolute atomic E-state index is 12.4. The standard InChI is InChI=1S/C18H22ClN3O3/c1-10(22-12(3)18(13(4)23)11(2)21-22)8-17(24)20-15-9-14(19)6-7-16(15)25-5/h6-7,9-10H,8H2,1-5H3,(H,20,24)/t10-/m1/s1. The molecule has 0 aliphatic heterocycles. The molecule has 1 amide bonds. The molecule has 1 heterocycles. The van der Waals surface area contributed by atoms with E-state index in [2.05, 4.69) is 10.4 Å². The summed E-state index contributed by atoms with van der Waals surface area (Å²) in [6.07, 6.45) is 0.203. The van der Waals surface area contributed by atoms with E-state index < -0.39 is 0 Å². The average Bonchev–Trinajstić information content (AvgIpc) is 2.82. The van der Waals surface area contributed by atoms with Gasteiger partial charge in [0.05, 0.1) is 30.1 Å². The molecule has 2 rings (SSSR count). The highest BCUT2D eigenvalue weighted by atomic mass is 35.5. The summed E-state index contributed by atoms with van der Waals surface area (Å²) in [5.41, 5.74) is 2.58. The topological polar surface area (TPSA) is 73.2 Å². The molecule has 0 fully saturated rings. The van der Waals surface area contributed by atoms with Gasteiger partial charge in [-0.1, -0.05) is 11.6 Å². The maximum atomic E-state index is 12.4. The third-order valence-corrected chi connectivity index (χ3v) is 4.25. The van der Waals surface area contributed by atoms with E-state index in [9.17, 15) is 9.59 Å². The summed E-state index contributed by atoms with van der Waals surface area (Å²) in [5, 5.41) is 7.73. The Balaban J connectivity index is 2.15. The normalized spacial score (nSPS) is 11.9. The first-order valence-corrected chi connectivity index (χ1v) is 8.32. The highest BCUT2D eigenvalue weighted by molar-refractivity contribution is 6.31. The van der Waals surface area contributed by atoms with Crippen LogP contribution in [0, 0.1) is 13.8 Å². The van der Waals surface area contributed by atoms with Crippen LogP contribution in [0.5, 0.6) is 5.75 Å². The molecular formula is C18H22ClN3O3. The number of anilines is 1. The van der Waals surface area contributed by atoms with Crippen LogP contribution < -0.4 is 10.1 Å². The molecule has 0 bridgehead atoms. The Morgan fingerprint density at radius 2 is 2.04 bits per heavy atom. The molecule has 0 spiro atoms. The van der Waals surface area contributed by atoms with Gasteiger partial charge in [0.2, 0.25) is 5.91 Å². The summed E-state index contributed by atoms with van der Waals surface area (Å²) in [6, 6.07) is 4.83. The second kappa shape index (κ2) is 7.70. The van der Waals surface area contributed by atoms with Gasteiger partial charge >= 0.3 is 0 Å². The number of ether oxygens (including phenoxy) is 1. The van der Waals surface area contributed by atoms with Gasteiger partial charge in [-0.25, -0.2) is 0 Å². The molecule has 6 nitrogen and oxygen atoms in total. The van der Waals surface area contributed by atoms with Crippen LogP contribution in [0.4, 0.5) is 5.69 Å². The number of methoxy groups -OCH3 is 1. The van der Waals surface area contributed by atoms with E-state index in [1.807, 2.05) is 13.8 Å². The molecule has 25 heavy (non-hydrogen) atoms. The molecule has 1 aromatic carbocycles. The number of hydrogen-bond donors (Lipinski definition) is 1. The lowest BCUT2D eigenvalue weighted by Crippen LogP contribution is -2.19. The van der Waals surface area contributed by atoms with Crippen LogP contribution in [0.15, 0.2) is 18.2 Å². The van der Waals surface area contributed by atoms with Gasteiger partial charge in [0.25, 0.3) is 0 Å². The Morgan fingerprint density at radius 1 is 1.36 bits per heavy atom. The van der Waals surface area contributed by atoms with Crippen LogP contribution in [0.1, 0.15) is 48.1 Å². The number of halogens is 1. The van der Waals surface area contributed by atoms with Gasteiger partial charge in [0.1, 0.15) is 5.75 Å². The molecule has 2 aromatic rings. The zero-order chi connectivity index (χ0) is 18.7. The molecule has 1 atom stereocenters. The van der Waals surface area contributed by atoms with Crippen LogP contribution in [0.25, 0.3) is 0 Å². The Morgan fingerprint density at radius 3 is 2.60 bits per heavy atom. The Kier molecular flexibility index (Phi) is 5.85. The van der Waals surface area contributed by atoms with Crippen molar-refractivity contribution in [3.05, 3.63) is 40.2 Å². The van der Waals surface area contributed by atoms with Crippen molar-refractivity contribution in [2.24, 2.45) is 0 Å². The molecule has 1 aromatic heterocycles. The number of nitrogens with zero attached hydrogens (tertiary/aromatic N) is 2. The lowest BCUT2D eigenvalue weighted by Gasteiger charge is -2.15. The predicted molar refractivity (Wildman–Crippen MR) is 97.7 cm³/mol. The smallest absolute Gasteiger partial charge is 0.226 e. The third kappa shape index (κ3) is 4.20. The first-order chi connectivity index (χ1) is 11.7. The lowest BCUT2D eigenvalue weighted by molar-refractivity contribution is -0.116. The molecular weight excluding hydrogens is 342 g/mol. The number of carbonyl (C=O) groups is 2.